The average molecular weight is 562 g/mol. The van der Waals surface area contributed by atoms with Crippen molar-refractivity contribution in [3.63, 3.8) is 0 Å². The van der Waals surface area contributed by atoms with E-state index in [1.165, 1.54) is 0 Å². The molecule has 0 radical (unpaired) electrons. The van der Waals surface area contributed by atoms with Crippen LogP contribution in [0.4, 0.5) is 5.69 Å². The van der Waals surface area contributed by atoms with Crippen LogP contribution in [0.3, 0.4) is 0 Å². The minimum atomic E-state index is -3.78. The molecule has 0 aromatic heterocycles. The number of rotatable bonds is 11. The van der Waals surface area contributed by atoms with Crippen LogP contribution in [0.25, 0.3) is 0 Å². The lowest BCUT2D eigenvalue weighted by molar-refractivity contribution is -0.140. The monoisotopic (exact) mass is 561 g/mol. The Morgan fingerprint density at radius 3 is 2.15 bits per heavy atom. The lowest BCUT2D eigenvalue weighted by Crippen LogP contribution is -2.54. The maximum absolute atomic E-state index is 14.1. The second kappa shape index (κ2) is 13.1. The fourth-order valence-corrected chi connectivity index (χ4v) is 6.10. The molecule has 0 heterocycles. The Balaban J connectivity index is 1.72. The molecular weight excluding hydrogens is 522 g/mol. The van der Waals surface area contributed by atoms with Gasteiger partial charge in [-0.1, -0.05) is 90.7 Å². The van der Waals surface area contributed by atoms with Crippen LogP contribution >= 0.6 is 0 Å². The van der Waals surface area contributed by atoms with Gasteiger partial charge in [0, 0.05) is 19.0 Å². The van der Waals surface area contributed by atoms with Crippen molar-refractivity contribution in [1.29, 1.82) is 0 Å². The number of carbonyl (C=O) groups is 2. The number of nitrogens with zero attached hydrogens (tertiary/aromatic N) is 2. The highest BCUT2D eigenvalue weighted by atomic mass is 32.2. The predicted octanol–water partition coefficient (Wildman–Crippen LogP) is 4.77. The van der Waals surface area contributed by atoms with Gasteiger partial charge in [-0.25, -0.2) is 8.42 Å². The summed E-state index contributed by atoms with van der Waals surface area (Å²) in [6.07, 6.45) is 5.40. The van der Waals surface area contributed by atoms with Crippen LogP contribution in [0.15, 0.2) is 78.9 Å². The highest BCUT2D eigenvalue weighted by Crippen LogP contribution is 2.22. The van der Waals surface area contributed by atoms with E-state index in [1.54, 1.807) is 17.0 Å². The van der Waals surface area contributed by atoms with Crippen LogP contribution in [0.1, 0.15) is 47.9 Å². The first-order valence-corrected chi connectivity index (χ1v) is 15.7. The fraction of sp³-hybridized carbons (Fsp3) is 0.375. The number of sulfonamides is 1. The van der Waals surface area contributed by atoms with E-state index in [2.05, 4.69) is 5.32 Å². The zero-order chi connectivity index (χ0) is 28.7. The molecule has 1 N–H and O–H groups in total. The van der Waals surface area contributed by atoms with Gasteiger partial charge in [0.25, 0.3) is 0 Å². The molecule has 1 atom stereocenters. The molecule has 7 nitrogen and oxygen atoms in total. The summed E-state index contributed by atoms with van der Waals surface area (Å²) in [6.45, 7) is 3.67. The minimum absolute atomic E-state index is 0.0850. The molecule has 0 spiro atoms. The Labute approximate surface area is 238 Å². The van der Waals surface area contributed by atoms with Crippen LogP contribution in [-0.2, 0) is 32.6 Å². The molecule has 0 saturated heterocycles. The quantitative estimate of drug-likeness (QED) is 0.366. The van der Waals surface area contributed by atoms with Gasteiger partial charge in [-0.3, -0.25) is 13.9 Å². The number of hydrogen-bond acceptors (Lipinski definition) is 4. The molecule has 8 heteroatoms. The average Bonchev–Trinajstić information content (AvgIpc) is 3.43. The van der Waals surface area contributed by atoms with Crippen LogP contribution in [0.5, 0.6) is 0 Å². The Kier molecular flexibility index (Phi) is 9.63. The molecule has 0 unspecified atom stereocenters. The molecule has 212 valence electrons. The second-order valence-electron chi connectivity index (χ2n) is 10.8. The Hall–Kier alpha value is -3.65. The normalized spacial score (nSPS) is 14.5. The first kappa shape index (κ1) is 29.3. The fourth-order valence-electron chi connectivity index (χ4n) is 5.25. The molecule has 4 rings (SSSR count). The number of nitrogens with one attached hydrogen (secondary N) is 1. The number of carbonyl (C=O) groups excluding carboxylic acids is 2. The molecule has 1 aliphatic carbocycles. The lowest BCUT2D eigenvalue weighted by Gasteiger charge is -2.34. The minimum Gasteiger partial charge on any atom is -0.352 e. The summed E-state index contributed by atoms with van der Waals surface area (Å²) in [5.74, 6) is -0.645. The van der Waals surface area contributed by atoms with Crippen molar-refractivity contribution in [2.75, 3.05) is 17.1 Å². The van der Waals surface area contributed by atoms with Gasteiger partial charge in [-0.2, -0.15) is 0 Å². The van der Waals surface area contributed by atoms with E-state index in [4.69, 9.17) is 0 Å². The van der Waals surface area contributed by atoms with Gasteiger partial charge in [0.15, 0.2) is 0 Å². The summed E-state index contributed by atoms with van der Waals surface area (Å²) in [5.41, 5.74) is 4.23. The SMILES string of the molecule is Cc1ccc(N(CC(=O)N(Cc2cccc(C)c2)[C@@H](Cc2ccccc2)C(=O)NC2CCCC2)S(C)(=O)=O)cc1. The van der Waals surface area contributed by atoms with Crippen molar-refractivity contribution < 1.29 is 18.0 Å². The molecule has 0 bridgehead atoms. The number of benzene rings is 3. The Bertz CT molecular complexity index is 1400. The lowest BCUT2D eigenvalue weighted by atomic mass is 10.0. The standard InChI is InChI=1S/C32H39N3O4S/c1-24-16-18-29(19-17-24)35(40(3,38)39)23-31(36)34(22-27-13-9-10-25(2)20-27)30(21-26-11-5-4-6-12-26)32(37)33-28-14-7-8-15-28/h4-6,9-13,16-20,28,30H,7-8,14-15,21-23H2,1-3H3,(H,33,37)/t30-/m0/s1. The van der Waals surface area contributed by atoms with Crippen molar-refractivity contribution in [3.8, 4) is 0 Å². The van der Waals surface area contributed by atoms with E-state index in [0.717, 1.165) is 58.5 Å². The van der Waals surface area contributed by atoms with Crippen LogP contribution < -0.4 is 9.62 Å². The number of aryl methyl sites for hydroxylation is 2. The summed E-state index contributed by atoms with van der Waals surface area (Å²) >= 11 is 0. The van der Waals surface area contributed by atoms with Gasteiger partial charge >= 0.3 is 0 Å². The van der Waals surface area contributed by atoms with Crippen LogP contribution in [0, 0.1) is 13.8 Å². The molecule has 1 fully saturated rings. The van der Waals surface area contributed by atoms with Gasteiger partial charge in [0.05, 0.1) is 11.9 Å². The number of anilines is 1. The molecule has 3 aromatic rings. The van der Waals surface area contributed by atoms with Crippen molar-refractivity contribution >= 4 is 27.5 Å². The van der Waals surface area contributed by atoms with Gasteiger partial charge in [-0.15, -0.1) is 0 Å². The third-order valence-electron chi connectivity index (χ3n) is 7.41. The maximum Gasteiger partial charge on any atom is 0.244 e. The molecule has 3 aromatic carbocycles. The van der Waals surface area contributed by atoms with E-state index >= 15 is 0 Å². The van der Waals surface area contributed by atoms with E-state index in [1.807, 2.05) is 80.6 Å². The van der Waals surface area contributed by atoms with Gasteiger partial charge in [-0.05, 0) is 49.9 Å². The first-order chi connectivity index (χ1) is 19.1. The van der Waals surface area contributed by atoms with Crippen LogP contribution in [0.2, 0.25) is 0 Å². The molecule has 40 heavy (non-hydrogen) atoms. The molecule has 0 aliphatic heterocycles. The number of hydrogen-bond donors (Lipinski definition) is 1. The molecule has 1 aliphatic rings. The summed E-state index contributed by atoms with van der Waals surface area (Å²) in [5, 5.41) is 3.19. The van der Waals surface area contributed by atoms with Gasteiger partial charge in [0.2, 0.25) is 21.8 Å². The Morgan fingerprint density at radius 1 is 0.875 bits per heavy atom. The van der Waals surface area contributed by atoms with Crippen LogP contribution in [-0.4, -0.2) is 50.0 Å². The predicted molar refractivity (Wildman–Crippen MR) is 159 cm³/mol. The molecular formula is C32H39N3O4S. The maximum atomic E-state index is 14.1. The molecule has 2 amide bonds. The Morgan fingerprint density at radius 2 is 1.52 bits per heavy atom. The zero-order valence-corrected chi connectivity index (χ0v) is 24.4. The van der Waals surface area contributed by atoms with Crippen molar-refractivity contribution in [2.24, 2.45) is 0 Å². The van der Waals surface area contributed by atoms with E-state index in [-0.39, 0.29) is 18.5 Å². The van der Waals surface area contributed by atoms with Crippen molar-refractivity contribution in [2.45, 2.75) is 64.6 Å². The van der Waals surface area contributed by atoms with Crippen molar-refractivity contribution in [1.82, 2.24) is 10.2 Å². The second-order valence-corrected chi connectivity index (χ2v) is 12.7. The molecule has 1 saturated carbocycles. The highest BCUT2D eigenvalue weighted by Gasteiger charge is 2.34. The van der Waals surface area contributed by atoms with Gasteiger partial charge in [0.1, 0.15) is 12.6 Å². The van der Waals surface area contributed by atoms with E-state index in [9.17, 15) is 18.0 Å². The smallest absolute Gasteiger partial charge is 0.244 e. The number of amides is 2. The van der Waals surface area contributed by atoms with Gasteiger partial charge < -0.3 is 10.2 Å². The third kappa shape index (κ3) is 7.94. The zero-order valence-electron chi connectivity index (χ0n) is 23.5. The summed E-state index contributed by atoms with van der Waals surface area (Å²) < 4.78 is 26.9. The summed E-state index contributed by atoms with van der Waals surface area (Å²) in [7, 11) is -3.78. The summed E-state index contributed by atoms with van der Waals surface area (Å²) in [4.78, 5) is 29.6. The van der Waals surface area contributed by atoms with E-state index in [0.29, 0.717) is 12.1 Å². The van der Waals surface area contributed by atoms with E-state index < -0.39 is 28.5 Å². The summed E-state index contributed by atoms with van der Waals surface area (Å²) in [6, 6.07) is 23.7. The topological polar surface area (TPSA) is 86.8 Å². The largest absolute Gasteiger partial charge is 0.352 e. The third-order valence-corrected chi connectivity index (χ3v) is 8.55. The van der Waals surface area contributed by atoms with Crippen molar-refractivity contribution in [3.05, 3.63) is 101 Å². The highest BCUT2D eigenvalue weighted by molar-refractivity contribution is 7.92. The first-order valence-electron chi connectivity index (χ1n) is 13.8.